The van der Waals surface area contributed by atoms with Gasteiger partial charge in [0.15, 0.2) is 11.6 Å². The van der Waals surface area contributed by atoms with E-state index in [1.807, 2.05) is 67.0 Å². The summed E-state index contributed by atoms with van der Waals surface area (Å²) in [6.07, 6.45) is 17.1. The summed E-state index contributed by atoms with van der Waals surface area (Å²) in [5.74, 6) is 2.67. The van der Waals surface area contributed by atoms with Crippen molar-refractivity contribution in [2.24, 2.45) is 35.5 Å². The molecule has 3 aromatic carbocycles. The number of carbonyl (C=O) groups is 2. The third-order valence-corrected chi connectivity index (χ3v) is 16.0. The number of rotatable bonds is 11. The molecule has 0 amide bonds. The molecule has 13 rings (SSSR count). The largest absolute Gasteiger partial charge is 0.497 e. The quantitative estimate of drug-likeness (QED) is 0.129. The minimum absolute atomic E-state index is 0.0603. The Kier molecular flexibility index (Phi) is 10.5. The van der Waals surface area contributed by atoms with E-state index in [9.17, 15) is 0 Å². The Hall–Kier alpha value is -5.38. The average molecular weight is 843 g/mol. The summed E-state index contributed by atoms with van der Waals surface area (Å²) in [6, 6.07) is 20.5. The van der Waals surface area contributed by atoms with E-state index in [4.69, 9.17) is 24.2 Å². The molecule has 8 aliphatic rings. The van der Waals surface area contributed by atoms with Gasteiger partial charge in [0.1, 0.15) is 29.5 Å². The summed E-state index contributed by atoms with van der Waals surface area (Å²) in [4.78, 5) is 45.1. The Bertz CT molecular complexity index is 2670. The van der Waals surface area contributed by atoms with Crippen LogP contribution in [-0.2, 0) is 0 Å². The molecule has 9 nitrogen and oxygen atoms in total. The Morgan fingerprint density at radius 1 is 0.667 bits per heavy atom. The molecule has 324 valence electrons. The minimum atomic E-state index is -0.620. The van der Waals surface area contributed by atoms with Crippen LogP contribution in [-0.4, -0.2) is 76.7 Å². The highest BCUT2D eigenvalue weighted by Crippen LogP contribution is 2.50. The highest BCUT2D eigenvalue weighted by Gasteiger charge is 2.49. The van der Waals surface area contributed by atoms with Crippen molar-refractivity contribution in [1.29, 1.82) is 0 Å². The molecule has 6 aliphatic heterocycles. The second-order valence-corrected chi connectivity index (χ2v) is 19.2. The van der Waals surface area contributed by atoms with Crippen LogP contribution in [0.1, 0.15) is 102 Å². The zero-order valence-corrected chi connectivity index (χ0v) is 36.9. The smallest absolute Gasteiger partial charge is 0.175 e. The number of Topliss-reactive ketones (excluding diaryl/α,β-unsaturated/α-hetero) is 2. The molecule has 9 heteroatoms. The van der Waals surface area contributed by atoms with Crippen molar-refractivity contribution >= 4 is 33.4 Å². The lowest BCUT2D eigenvalue weighted by Gasteiger charge is -2.52. The normalized spacial score (nSPS) is 30.3. The zero-order valence-electron chi connectivity index (χ0n) is 36.9. The molecule has 8 heterocycles. The van der Waals surface area contributed by atoms with Crippen molar-refractivity contribution in [3.63, 3.8) is 0 Å². The SMILES string of the molecule is CCC1CN2CCC1CC2C(Oc1ccc(OC(c2ccnc3ccc(OC)cc23)C2CC3CCN2CC3CC)c2c1C(=O)C1C=CC=CC1C2=O)c1ccnc2ccc(C)cc12. The van der Waals surface area contributed by atoms with Gasteiger partial charge in [-0.05, 0) is 124 Å². The third kappa shape index (κ3) is 6.89. The van der Waals surface area contributed by atoms with Gasteiger partial charge in [0, 0.05) is 47.4 Å². The molecular formula is C54H58N4O5. The van der Waals surface area contributed by atoms with E-state index >= 15 is 9.59 Å². The van der Waals surface area contributed by atoms with Gasteiger partial charge in [-0.25, -0.2) is 0 Å². The molecule has 2 aromatic heterocycles. The maximum absolute atomic E-state index is 15.2. The van der Waals surface area contributed by atoms with Crippen molar-refractivity contribution in [3.8, 4) is 17.2 Å². The summed E-state index contributed by atoms with van der Waals surface area (Å²) in [5.41, 5.74) is 5.63. The number of aryl methyl sites for hydroxylation is 1. The number of ketones is 2. The third-order valence-electron chi connectivity index (χ3n) is 16.0. The molecule has 6 saturated heterocycles. The van der Waals surface area contributed by atoms with Gasteiger partial charge in [0.2, 0.25) is 0 Å². The maximum atomic E-state index is 15.2. The summed E-state index contributed by atoms with van der Waals surface area (Å²) in [5, 5.41) is 2.01. The molecule has 0 radical (unpaired) electrons. The van der Waals surface area contributed by atoms with Crippen LogP contribution < -0.4 is 14.2 Å². The van der Waals surface area contributed by atoms with Crippen LogP contribution in [0, 0.1) is 42.4 Å². The van der Waals surface area contributed by atoms with E-state index in [-0.39, 0.29) is 23.7 Å². The first-order valence-corrected chi connectivity index (χ1v) is 23.5. The highest BCUT2D eigenvalue weighted by atomic mass is 16.5. The lowest BCUT2D eigenvalue weighted by Crippen LogP contribution is -2.56. The number of aromatic nitrogens is 2. The van der Waals surface area contributed by atoms with E-state index in [2.05, 4.69) is 60.9 Å². The zero-order chi connectivity index (χ0) is 42.9. The fraction of sp³-hybridized carbons (Fsp3) is 0.444. The van der Waals surface area contributed by atoms with Gasteiger partial charge in [0.05, 0.1) is 53.2 Å². The van der Waals surface area contributed by atoms with Crippen molar-refractivity contribution in [3.05, 3.63) is 125 Å². The van der Waals surface area contributed by atoms with Crippen LogP contribution in [0.4, 0.5) is 0 Å². The number of hydrogen-bond donors (Lipinski definition) is 0. The van der Waals surface area contributed by atoms with Crippen LogP contribution in [0.5, 0.6) is 17.2 Å². The second-order valence-electron chi connectivity index (χ2n) is 19.2. The number of nitrogens with zero attached hydrogens (tertiary/aromatic N) is 4. The average Bonchev–Trinajstić information content (AvgIpc) is 3.33. The monoisotopic (exact) mass is 842 g/mol. The number of pyridine rings is 2. The molecule has 5 aromatic rings. The number of allylic oxidation sites excluding steroid dienone is 4. The Morgan fingerprint density at radius 2 is 1.17 bits per heavy atom. The number of methoxy groups -OCH3 is 1. The van der Waals surface area contributed by atoms with E-state index < -0.39 is 24.0 Å². The number of piperidine rings is 6. The van der Waals surface area contributed by atoms with E-state index in [0.717, 1.165) is 96.1 Å². The number of ether oxygens (including phenoxy) is 3. The minimum Gasteiger partial charge on any atom is -0.497 e. The van der Waals surface area contributed by atoms with Gasteiger partial charge in [-0.2, -0.15) is 0 Å². The van der Waals surface area contributed by atoms with Crippen LogP contribution in [0.15, 0.2) is 97.4 Å². The van der Waals surface area contributed by atoms with Gasteiger partial charge in [-0.3, -0.25) is 29.4 Å². The molecule has 12 unspecified atom stereocenters. The van der Waals surface area contributed by atoms with Crippen LogP contribution in [0.25, 0.3) is 21.8 Å². The van der Waals surface area contributed by atoms with Gasteiger partial charge in [-0.1, -0.05) is 62.6 Å². The van der Waals surface area contributed by atoms with E-state index in [1.54, 1.807) is 7.11 Å². The van der Waals surface area contributed by atoms with Crippen LogP contribution in [0.3, 0.4) is 0 Å². The number of fused-ring (bicyclic) bond motifs is 10. The van der Waals surface area contributed by atoms with Gasteiger partial charge in [-0.15, -0.1) is 0 Å². The van der Waals surface area contributed by atoms with Crippen molar-refractivity contribution in [2.45, 2.75) is 83.6 Å². The standard InChI is InChI=1S/C54H58N4O5/c1-5-32-29-57-23-19-34(32)26-45(57)53(39-17-21-55-43-13-11-31(3)25-41(39)43)62-47-15-16-48(50-49(47)51(59)37-9-7-8-10-38(37)52(50)60)63-54(46-27-35-20-24-58(46)30-33(35)6-2)40-18-22-56-44-14-12-36(61-4)28-42(40)44/h7-18,21-22,25,28,32-35,37-38,45-46,53-54H,5-6,19-20,23-24,26-27,29-30H2,1-4H3. The number of carbonyl (C=O) groups excluding carboxylic acids is 2. The number of benzene rings is 3. The molecule has 12 atom stereocenters. The van der Waals surface area contributed by atoms with Crippen molar-refractivity contribution in [2.75, 3.05) is 33.3 Å². The first-order valence-electron chi connectivity index (χ1n) is 23.5. The molecule has 6 fully saturated rings. The summed E-state index contributed by atoms with van der Waals surface area (Å²) < 4.78 is 20.6. The maximum Gasteiger partial charge on any atom is 0.175 e. The molecular weight excluding hydrogens is 785 g/mol. The molecule has 0 N–H and O–H groups in total. The lowest BCUT2D eigenvalue weighted by atomic mass is 9.71. The topological polar surface area (TPSA) is 94.1 Å². The molecule has 2 aliphatic carbocycles. The second kappa shape index (κ2) is 16.3. The van der Waals surface area contributed by atoms with Crippen LogP contribution in [0.2, 0.25) is 0 Å². The predicted molar refractivity (Wildman–Crippen MR) is 246 cm³/mol. The fourth-order valence-corrected chi connectivity index (χ4v) is 12.6. The van der Waals surface area contributed by atoms with Gasteiger partial charge >= 0.3 is 0 Å². The Balaban J connectivity index is 1.06. The molecule has 0 saturated carbocycles. The van der Waals surface area contributed by atoms with E-state index in [0.29, 0.717) is 46.3 Å². The Labute approximate surface area is 370 Å². The van der Waals surface area contributed by atoms with Crippen molar-refractivity contribution < 1.29 is 23.8 Å². The molecule has 0 spiro atoms. The van der Waals surface area contributed by atoms with E-state index in [1.165, 1.54) is 12.8 Å². The van der Waals surface area contributed by atoms with Gasteiger partial charge < -0.3 is 14.2 Å². The Morgan fingerprint density at radius 3 is 1.65 bits per heavy atom. The van der Waals surface area contributed by atoms with Gasteiger partial charge in [0.25, 0.3) is 0 Å². The summed E-state index contributed by atoms with van der Waals surface area (Å²) in [6.45, 7) is 10.8. The summed E-state index contributed by atoms with van der Waals surface area (Å²) >= 11 is 0. The highest BCUT2D eigenvalue weighted by molar-refractivity contribution is 6.20. The van der Waals surface area contributed by atoms with Crippen molar-refractivity contribution in [1.82, 2.24) is 19.8 Å². The predicted octanol–water partition coefficient (Wildman–Crippen LogP) is 10.3. The first-order chi connectivity index (χ1) is 30.8. The first kappa shape index (κ1) is 40.4. The molecule has 63 heavy (non-hydrogen) atoms. The summed E-state index contributed by atoms with van der Waals surface area (Å²) in [7, 11) is 1.68. The van der Waals surface area contributed by atoms with Crippen LogP contribution >= 0.6 is 0 Å². The lowest BCUT2D eigenvalue weighted by molar-refractivity contribution is -0.0494. The fourth-order valence-electron chi connectivity index (χ4n) is 12.6. The molecule has 4 bridgehead atoms. The number of hydrogen-bond acceptors (Lipinski definition) is 9.